The molecule has 0 saturated carbocycles. The highest BCUT2D eigenvalue weighted by atomic mass is 16.5. The summed E-state index contributed by atoms with van der Waals surface area (Å²) in [6, 6.07) is 0.483. The van der Waals surface area contributed by atoms with Gasteiger partial charge < -0.3 is 19.5 Å². The van der Waals surface area contributed by atoms with Crippen molar-refractivity contribution in [2.24, 2.45) is 11.8 Å². The van der Waals surface area contributed by atoms with Crippen molar-refractivity contribution in [1.29, 1.82) is 0 Å². The van der Waals surface area contributed by atoms with Crippen molar-refractivity contribution in [1.82, 2.24) is 5.32 Å². The average Bonchev–Trinajstić information content (AvgIpc) is 2.91. The van der Waals surface area contributed by atoms with Gasteiger partial charge in [-0.2, -0.15) is 0 Å². The lowest BCUT2D eigenvalue weighted by molar-refractivity contribution is -0.154. The quantitative estimate of drug-likeness (QED) is 0.865. The first kappa shape index (κ1) is 15.7. The molecule has 4 nitrogen and oxygen atoms in total. The van der Waals surface area contributed by atoms with E-state index in [1.165, 1.54) is 12.8 Å². The predicted molar refractivity (Wildman–Crippen MR) is 82.4 cm³/mol. The highest BCUT2D eigenvalue weighted by molar-refractivity contribution is 4.96. The van der Waals surface area contributed by atoms with E-state index in [1.807, 2.05) is 0 Å². The topological polar surface area (TPSA) is 39.7 Å². The van der Waals surface area contributed by atoms with Gasteiger partial charge in [-0.05, 0) is 50.5 Å². The molecule has 4 heteroatoms. The summed E-state index contributed by atoms with van der Waals surface area (Å²) in [4.78, 5) is 0. The second kappa shape index (κ2) is 6.95. The van der Waals surface area contributed by atoms with E-state index < -0.39 is 0 Å². The smallest absolute Gasteiger partial charge is 0.0757 e. The van der Waals surface area contributed by atoms with Crippen LogP contribution in [0.5, 0.6) is 0 Å². The van der Waals surface area contributed by atoms with Crippen molar-refractivity contribution in [2.45, 2.75) is 63.7 Å². The summed E-state index contributed by atoms with van der Waals surface area (Å²) in [5.41, 5.74) is 0.0800. The molecule has 3 saturated heterocycles. The van der Waals surface area contributed by atoms with Crippen LogP contribution in [0.15, 0.2) is 0 Å². The Labute approximate surface area is 128 Å². The molecule has 0 bridgehead atoms. The summed E-state index contributed by atoms with van der Waals surface area (Å²) >= 11 is 0. The zero-order valence-corrected chi connectivity index (χ0v) is 13.6. The third kappa shape index (κ3) is 3.44. The Balaban J connectivity index is 1.69. The van der Waals surface area contributed by atoms with E-state index in [1.54, 1.807) is 0 Å². The number of nitrogens with one attached hydrogen (secondary N) is 1. The minimum atomic E-state index is 0.0800. The third-order valence-electron chi connectivity index (χ3n) is 5.68. The highest BCUT2D eigenvalue weighted by Gasteiger charge is 2.44. The first-order valence-electron chi connectivity index (χ1n) is 8.81. The van der Waals surface area contributed by atoms with Crippen molar-refractivity contribution in [3.05, 3.63) is 0 Å². The number of likely N-dealkylation sites (N-methyl/N-ethyl adjacent to an activating group) is 1. The van der Waals surface area contributed by atoms with Gasteiger partial charge in [0.25, 0.3) is 0 Å². The molecule has 3 heterocycles. The van der Waals surface area contributed by atoms with Crippen LogP contribution < -0.4 is 5.32 Å². The SMILES string of the molecule is CCNC(C1CCOC2(CCOCC2)C1)C1OCCC1C. The van der Waals surface area contributed by atoms with Gasteiger partial charge in [-0.3, -0.25) is 0 Å². The molecule has 1 spiro atoms. The van der Waals surface area contributed by atoms with Crippen LogP contribution in [0.2, 0.25) is 0 Å². The summed E-state index contributed by atoms with van der Waals surface area (Å²) < 4.78 is 17.8. The fourth-order valence-electron chi connectivity index (χ4n) is 4.43. The lowest BCUT2D eigenvalue weighted by Crippen LogP contribution is -2.53. The predicted octanol–water partition coefficient (Wildman–Crippen LogP) is 2.37. The van der Waals surface area contributed by atoms with Crippen LogP contribution in [-0.4, -0.2) is 50.7 Å². The van der Waals surface area contributed by atoms with Crippen molar-refractivity contribution in [3.8, 4) is 0 Å². The number of hydrogen-bond acceptors (Lipinski definition) is 4. The highest BCUT2D eigenvalue weighted by Crippen LogP contribution is 2.40. The van der Waals surface area contributed by atoms with Gasteiger partial charge in [0.05, 0.1) is 11.7 Å². The van der Waals surface area contributed by atoms with Crippen LogP contribution in [0.1, 0.15) is 46.0 Å². The van der Waals surface area contributed by atoms with Crippen LogP contribution >= 0.6 is 0 Å². The summed E-state index contributed by atoms with van der Waals surface area (Å²) in [6.07, 6.45) is 6.03. The van der Waals surface area contributed by atoms with E-state index in [2.05, 4.69) is 19.2 Å². The van der Waals surface area contributed by atoms with Crippen molar-refractivity contribution in [2.75, 3.05) is 33.0 Å². The molecule has 0 aromatic rings. The van der Waals surface area contributed by atoms with Gasteiger partial charge >= 0.3 is 0 Å². The molecule has 0 aliphatic carbocycles. The van der Waals surface area contributed by atoms with E-state index in [-0.39, 0.29) is 5.60 Å². The van der Waals surface area contributed by atoms with Gasteiger partial charge in [0, 0.05) is 32.5 Å². The monoisotopic (exact) mass is 297 g/mol. The fraction of sp³-hybridized carbons (Fsp3) is 1.00. The Bertz CT molecular complexity index is 324. The molecule has 4 atom stereocenters. The maximum Gasteiger partial charge on any atom is 0.0757 e. The molecule has 4 unspecified atom stereocenters. The van der Waals surface area contributed by atoms with E-state index in [0.29, 0.717) is 24.0 Å². The zero-order valence-electron chi connectivity index (χ0n) is 13.6. The molecular formula is C17H31NO3. The maximum atomic E-state index is 6.21. The minimum Gasteiger partial charge on any atom is -0.381 e. The molecule has 3 fully saturated rings. The fourth-order valence-corrected chi connectivity index (χ4v) is 4.43. The molecule has 3 aliphatic heterocycles. The summed E-state index contributed by atoms with van der Waals surface area (Å²) in [5.74, 6) is 1.34. The summed E-state index contributed by atoms with van der Waals surface area (Å²) in [5, 5.41) is 3.73. The van der Waals surface area contributed by atoms with Gasteiger partial charge in [0.1, 0.15) is 0 Å². The molecule has 122 valence electrons. The Hall–Kier alpha value is -0.160. The Morgan fingerprint density at radius 1 is 1.14 bits per heavy atom. The lowest BCUT2D eigenvalue weighted by atomic mass is 9.75. The number of hydrogen-bond donors (Lipinski definition) is 1. The molecule has 3 rings (SSSR count). The standard InChI is InChI=1S/C17H31NO3/c1-3-18-15(16-13(2)4-8-20-16)14-5-9-21-17(12-14)6-10-19-11-7-17/h13-16,18H,3-12H2,1-2H3. The van der Waals surface area contributed by atoms with E-state index in [9.17, 15) is 0 Å². The van der Waals surface area contributed by atoms with Crippen molar-refractivity contribution < 1.29 is 14.2 Å². The first-order valence-corrected chi connectivity index (χ1v) is 8.81. The Morgan fingerprint density at radius 2 is 1.95 bits per heavy atom. The van der Waals surface area contributed by atoms with Gasteiger partial charge in [0.15, 0.2) is 0 Å². The largest absolute Gasteiger partial charge is 0.381 e. The van der Waals surface area contributed by atoms with Crippen LogP contribution in [0.3, 0.4) is 0 Å². The minimum absolute atomic E-state index is 0.0800. The van der Waals surface area contributed by atoms with Gasteiger partial charge in [0.2, 0.25) is 0 Å². The maximum absolute atomic E-state index is 6.21. The van der Waals surface area contributed by atoms with Crippen LogP contribution in [-0.2, 0) is 14.2 Å². The van der Waals surface area contributed by atoms with Gasteiger partial charge in [-0.1, -0.05) is 13.8 Å². The Morgan fingerprint density at radius 3 is 2.62 bits per heavy atom. The van der Waals surface area contributed by atoms with E-state index >= 15 is 0 Å². The molecule has 0 radical (unpaired) electrons. The summed E-state index contributed by atoms with van der Waals surface area (Å²) in [7, 11) is 0. The van der Waals surface area contributed by atoms with Crippen LogP contribution in [0.4, 0.5) is 0 Å². The van der Waals surface area contributed by atoms with Crippen molar-refractivity contribution >= 4 is 0 Å². The molecule has 0 aromatic carbocycles. The number of ether oxygens (including phenoxy) is 3. The molecule has 3 aliphatic rings. The molecule has 21 heavy (non-hydrogen) atoms. The lowest BCUT2D eigenvalue weighted by Gasteiger charge is -2.46. The zero-order chi connectivity index (χ0) is 14.7. The molecule has 1 N–H and O–H groups in total. The summed E-state index contributed by atoms with van der Waals surface area (Å²) in [6.45, 7) is 9.10. The van der Waals surface area contributed by atoms with Crippen molar-refractivity contribution in [3.63, 3.8) is 0 Å². The van der Waals surface area contributed by atoms with Gasteiger partial charge in [-0.15, -0.1) is 0 Å². The normalized spacial score (nSPS) is 37.7. The Kier molecular flexibility index (Phi) is 5.20. The first-order chi connectivity index (χ1) is 10.2. The molecule has 0 amide bonds. The van der Waals surface area contributed by atoms with E-state index in [0.717, 1.165) is 52.2 Å². The van der Waals surface area contributed by atoms with Crippen LogP contribution in [0.25, 0.3) is 0 Å². The molecule has 0 aromatic heterocycles. The molecular weight excluding hydrogens is 266 g/mol. The van der Waals surface area contributed by atoms with Gasteiger partial charge in [-0.25, -0.2) is 0 Å². The third-order valence-corrected chi connectivity index (χ3v) is 5.68. The second-order valence-corrected chi connectivity index (χ2v) is 7.08. The van der Waals surface area contributed by atoms with Crippen LogP contribution in [0, 0.1) is 11.8 Å². The average molecular weight is 297 g/mol. The second-order valence-electron chi connectivity index (χ2n) is 7.08. The van der Waals surface area contributed by atoms with E-state index in [4.69, 9.17) is 14.2 Å². The number of rotatable bonds is 4.